The van der Waals surface area contributed by atoms with Crippen LogP contribution in [-0.4, -0.2) is 7.11 Å². The Bertz CT molecular complexity index is 339. The van der Waals surface area contributed by atoms with E-state index in [4.69, 9.17) is 4.74 Å². The van der Waals surface area contributed by atoms with Crippen LogP contribution in [0.1, 0.15) is 30.4 Å². The van der Waals surface area contributed by atoms with E-state index in [0.717, 1.165) is 12.2 Å². The Labute approximate surface area is 79.0 Å². The number of hydrogen-bond donors (Lipinski definition) is 0. The van der Waals surface area contributed by atoms with Crippen molar-refractivity contribution in [3.05, 3.63) is 35.4 Å². The molecule has 0 amide bonds. The summed E-state index contributed by atoms with van der Waals surface area (Å²) in [5, 5.41) is 0. The molecule has 0 saturated heterocycles. The van der Waals surface area contributed by atoms with Gasteiger partial charge in [0.2, 0.25) is 0 Å². The Morgan fingerprint density at radius 1 is 1.38 bits per heavy atom. The second kappa shape index (κ2) is 3.25. The van der Waals surface area contributed by atoms with Gasteiger partial charge in [0.05, 0.1) is 7.11 Å². The molecule has 1 atom stereocenters. The summed E-state index contributed by atoms with van der Waals surface area (Å²) in [5.74, 6) is 1.59. The first-order valence-corrected chi connectivity index (χ1v) is 4.65. The van der Waals surface area contributed by atoms with Crippen molar-refractivity contribution < 1.29 is 4.74 Å². The normalized spacial score (nSPS) is 19.7. The zero-order valence-corrected chi connectivity index (χ0v) is 8.08. The van der Waals surface area contributed by atoms with Crippen molar-refractivity contribution in [2.24, 2.45) is 0 Å². The molecule has 2 rings (SSSR count). The van der Waals surface area contributed by atoms with Crippen LogP contribution in [0.3, 0.4) is 0 Å². The Kier molecular flexibility index (Phi) is 2.09. The van der Waals surface area contributed by atoms with Gasteiger partial charge >= 0.3 is 0 Å². The van der Waals surface area contributed by atoms with E-state index in [9.17, 15) is 0 Å². The smallest absolute Gasteiger partial charge is 0.119 e. The second-order valence-corrected chi connectivity index (χ2v) is 3.53. The molecular weight excluding hydrogens is 160 g/mol. The zero-order valence-electron chi connectivity index (χ0n) is 8.08. The molecule has 68 valence electrons. The van der Waals surface area contributed by atoms with Crippen LogP contribution in [0.15, 0.2) is 24.3 Å². The minimum absolute atomic E-state index is 0.644. The van der Waals surface area contributed by atoms with E-state index >= 15 is 0 Å². The van der Waals surface area contributed by atoms with Crippen molar-refractivity contribution in [2.75, 3.05) is 7.11 Å². The summed E-state index contributed by atoms with van der Waals surface area (Å²) in [6, 6.07) is 6.30. The molecule has 0 aromatic heterocycles. The van der Waals surface area contributed by atoms with Gasteiger partial charge in [-0.05, 0) is 35.6 Å². The molecule has 1 unspecified atom stereocenters. The van der Waals surface area contributed by atoms with Crippen molar-refractivity contribution >= 4 is 6.08 Å². The van der Waals surface area contributed by atoms with E-state index in [0.29, 0.717) is 5.92 Å². The highest BCUT2D eigenvalue weighted by atomic mass is 16.5. The lowest BCUT2D eigenvalue weighted by Gasteiger charge is -2.17. The first-order chi connectivity index (χ1) is 6.31. The molecule has 0 N–H and O–H groups in total. The third-order valence-electron chi connectivity index (χ3n) is 2.61. The first kappa shape index (κ1) is 8.36. The maximum atomic E-state index is 5.18. The largest absolute Gasteiger partial charge is 0.497 e. The van der Waals surface area contributed by atoms with Crippen LogP contribution in [0.25, 0.3) is 6.08 Å². The standard InChI is InChI=1S/C12H14O/c1-9-4-3-5-10-8-11(13-2)6-7-12(9)10/h3,5-9H,4H2,1-2H3. The van der Waals surface area contributed by atoms with Gasteiger partial charge in [0.1, 0.15) is 5.75 Å². The number of ether oxygens (including phenoxy) is 1. The van der Waals surface area contributed by atoms with Gasteiger partial charge in [-0.1, -0.05) is 25.1 Å². The summed E-state index contributed by atoms with van der Waals surface area (Å²) in [6.45, 7) is 2.26. The number of rotatable bonds is 1. The number of benzene rings is 1. The molecule has 1 aromatic rings. The van der Waals surface area contributed by atoms with Crippen LogP contribution < -0.4 is 4.74 Å². The molecule has 0 heterocycles. The van der Waals surface area contributed by atoms with Crippen LogP contribution in [0.4, 0.5) is 0 Å². The molecule has 1 aliphatic rings. The average Bonchev–Trinajstić information content (AvgIpc) is 2.18. The van der Waals surface area contributed by atoms with Crippen LogP contribution in [0.2, 0.25) is 0 Å². The van der Waals surface area contributed by atoms with Gasteiger partial charge in [-0.2, -0.15) is 0 Å². The fraction of sp³-hybridized carbons (Fsp3) is 0.333. The van der Waals surface area contributed by atoms with Crippen LogP contribution in [-0.2, 0) is 0 Å². The van der Waals surface area contributed by atoms with Crippen molar-refractivity contribution in [2.45, 2.75) is 19.3 Å². The fourth-order valence-electron chi connectivity index (χ4n) is 1.80. The highest BCUT2D eigenvalue weighted by Gasteiger charge is 2.12. The molecular formula is C12H14O. The summed E-state index contributed by atoms with van der Waals surface area (Å²) in [6.07, 6.45) is 5.56. The number of hydrogen-bond acceptors (Lipinski definition) is 1. The molecule has 1 nitrogen and oxygen atoms in total. The van der Waals surface area contributed by atoms with E-state index < -0.39 is 0 Å². The number of allylic oxidation sites excluding steroid dienone is 1. The summed E-state index contributed by atoms with van der Waals surface area (Å²) < 4.78 is 5.18. The predicted molar refractivity (Wildman–Crippen MR) is 55.1 cm³/mol. The van der Waals surface area contributed by atoms with E-state index in [2.05, 4.69) is 31.2 Å². The van der Waals surface area contributed by atoms with Gasteiger partial charge in [0.15, 0.2) is 0 Å². The number of fused-ring (bicyclic) bond motifs is 1. The predicted octanol–water partition coefficient (Wildman–Crippen LogP) is 3.22. The van der Waals surface area contributed by atoms with Crippen molar-refractivity contribution in [3.8, 4) is 5.75 Å². The molecule has 0 bridgehead atoms. The molecule has 0 aliphatic heterocycles. The van der Waals surface area contributed by atoms with E-state index in [1.165, 1.54) is 11.1 Å². The fourth-order valence-corrected chi connectivity index (χ4v) is 1.80. The summed E-state index contributed by atoms with van der Waals surface area (Å²) >= 11 is 0. The van der Waals surface area contributed by atoms with Gasteiger partial charge in [0.25, 0.3) is 0 Å². The van der Waals surface area contributed by atoms with Gasteiger partial charge in [0, 0.05) is 0 Å². The summed E-state index contributed by atoms with van der Waals surface area (Å²) in [4.78, 5) is 0. The van der Waals surface area contributed by atoms with Gasteiger partial charge in [-0.15, -0.1) is 0 Å². The van der Waals surface area contributed by atoms with Crippen molar-refractivity contribution in [1.82, 2.24) is 0 Å². The molecule has 1 aliphatic carbocycles. The third-order valence-corrected chi connectivity index (χ3v) is 2.61. The molecule has 1 aromatic carbocycles. The molecule has 0 saturated carbocycles. The minimum atomic E-state index is 0.644. The van der Waals surface area contributed by atoms with E-state index in [-0.39, 0.29) is 0 Å². The van der Waals surface area contributed by atoms with E-state index in [1.54, 1.807) is 7.11 Å². The lowest BCUT2D eigenvalue weighted by Crippen LogP contribution is -1.99. The van der Waals surface area contributed by atoms with Crippen molar-refractivity contribution in [3.63, 3.8) is 0 Å². The number of methoxy groups -OCH3 is 1. The monoisotopic (exact) mass is 174 g/mol. The average molecular weight is 174 g/mol. The van der Waals surface area contributed by atoms with Gasteiger partial charge in [-0.3, -0.25) is 0 Å². The van der Waals surface area contributed by atoms with Crippen LogP contribution in [0.5, 0.6) is 5.75 Å². The Hall–Kier alpha value is -1.24. The highest BCUT2D eigenvalue weighted by Crippen LogP contribution is 2.31. The van der Waals surface area contributed by atoms with Gasteiger partial charge < -0.3 is 4.74 Å². The Morgan fingerprint density at radius 3 is 3.00 bits per heavy atom. The van der Waals surface area contributed by atoms with Crippen LogP contribution in [0, 0.1) is 0 Å². The maximum Gasteiger partial charge on any atom is 0.119 e. The molecule has 0 spiro atoms. The minimum Gasteiger partial charge on any atom is -0.497 e. The quantitative estimate of drug-likeness (QED) is 0.635. The molecule has 0 radical (unpaired) electrons. The summed E-state index contributed by atoms with van der Waals surface area (Å²) in [5.41, 5.74) is 2.74. The van der Waals surface area contributed by atoms with Crippen molar-refractivity contribution in [1.29, 1.82) is 0 Å². The van der Waals surface area contributed by atoms with E-state index in [1.807, 2.05) is 6.07 Å². The third kappa shape index (κ3) is 1.46. The highest BCUT2D eigenvalue weighted by molar-refractivity contribution is 5.59. The lowest BCUT2D eigenvalue weighted by atomic mass is 9.88. The maximum absolute atomic E-state index is 5.18. The van der Waals surface area contributed by atoms with Gasteiger partial charge in [-0.25, -0.2) is 0 Å². The molecule has 13 heavy (non-hydrogen) atoms. The Balaban J connectivity index is 2.47. The van der Waals surface area contributed by atoms with Crippen LogP contribution >= 0.6 is 0 Å². The molecule has 0 fully saturated rings. The second-order valence-electron chi connectivity index (χ2n) is 3.53. The summed E-state index contributed by atoms with van der Waals surface area (Å²) in [7, 11) is 1.71. The first-order valence-electron chi connectivity index (χ1n) is 4.65. The SMILES string of the molecule is COc1ccc2c(c1)C=CCC2C. The lowest BCUT2D eigenvalue weighted by molar-refractivity contribution is 0.414. The Morgan fingerprint density at radius 2 is 2.23 bits per heavy atom. The zero-order chi connectivity index (χ0) is 9.26. The molecule has 1 heteroatoms. The topological polar surface area (TPSA) is 9.23 Å².